The molecule has 0 fully saturated rings. The average molecular weight is 284 g/mol. The van der Waals surface area contributed by atoms with E-state index in [2.05, 4.69) is 0 Å². The highest BCUT2D eigenvalue weighted by Crippen LogP contribution is 2.40. The maximum Gasteiger partial charge on any atom is 0.358 e. The van der Waals surface area contributed by atoms with Gasteiger partial charge >= 0.3 is 5.97 Å². The Morgan fingerprint density at radius 3 is 2.48 bits per heavy atom. The van der Waals surface area contributed by atoms with E-state index in [0.29, 0.717) is 18.1 Å². The van der Waals surface area contributed by atoms with Crippen LogP contribution in [0.2, 0.25) is 0 Å². The minimum absolute atomic E-state index is 0.0901. The highest BCUT2D eigenvalue weighted by Gasteiger charge is 2.48. The number of carbonyl (C=O) groups is 1. The molecule has 4 nitrogen and oxygen atoms in total. The van der Waals surface area contributed by atoms with Crippen molar-refractivity contribution in [1.82, 2.24) is 0 Å². The van der Waals surface area contributed by atoms with Crippen molar-refractivity contribution >= 4 is 5.97 Å². The van der Waals surface area contributed by atoms with Gasteiger partial charge in [0.05, 0.1) is 6.61 Å². The van der Waals surface area contributed by atoms with Crippen LogP contribution in [0.3, 0.4) is 0 Å². The highest BCUT2D eigenvalue weighted by molar-refractivity contribution is 5.82. The standard InChI is InChI=1S/C17H16O4/c1-2-19-16(18)17(13-8-4-3-5-9-13)12-20-14-10-6-7-11-15(14)21-17/h3-11H,2,12H2,1H3. The number of fused-ring (bicyclic) bond motifs is 1. The van der Waals surface area contributed by atoms with E-state index in [0.717, 1.165) is 5.56 Å². The van der Waals surface area contributed by atoms with E-state index in [4.69, 9.17) is 14.2 Å². The second-order valence-electron chi connectivity index (χ2n) is 4.75. The van der Waals surface area contributed by atoms with Gasteiger partial charge in [0.1, 0.15) is 6.61 Å². The number of carbonyl (C=O) groups excluding carboxylic acids is 1. The van der Waals surface area contributed by atoms with Gasteiger partial charge in [-0.1, -0.05) is 42.5 Å². The second-order valence-corrected chi connectivity index (χ2v) is 4.75. The van der Waals surface area contributed by atoms with Gasteiger partial charge in [-0.15, -0.1) is 0 Å². The summed E-state index contributed by atoms with van der Waals surface area (Å²) in [6.45, 7) is 2.15. The molecule has 2 aromatic carbocycles. The molecule has 0 aliphatic carbocycles. The van der Waals surface area contributed by atoms with Crippen LogP contribution in [0.1, 0.15) is 12.5 Å². The van der Waals surface area contributed by atoms with E-state index < -0.39 is 11.6 Å². The van der Waals surface area contributed by atoms with Crippen molar-refractivity contribution < 1.29 is 19.0 Å². The van der Waals surface area contributed by atoms with Gasteiger partial charge in [-0.3, -0.25) is 0 Å². The van der Waals surface area contributed by atoms with Gasteiger partial charge < -0.3 is 14.2 Å². The summed E-state index contributed by atoms with van der Waals surface area (Å²) in [6.07, 6.45) is 0. The molecule has 1 heterocycles. The summed E-state index contributed by atoms with van der Waals surface area (Å²) in [5.41, 5.74) is -0.538. The van der Waals surface area contributed by atoms with E-state index in [1.54, 1.807) is 13.0 Å². The largest absolute Gasteiger partial charge is 0.484 e. The lowest BCUT2D eigenvalue weighted by Crippen LogP contribution is -2.50. The van der Waals surface area contributed by atoms with Crippen LogP contribution in [0.4, 0.5) is 0 Å². The van der Waals surface area contributed by atoms with Gasteiger partial charge in [0, 0.05) is 5.56 Å². The Morgan fingerprint density at radius 1 is 1.10 bits per heavy atom. The normalized spacial score (nSPS) is 19.9. The number of para-hydroxylation sites is 2. The Balaban J connectivity index is 2.05. The number of hydrogen-bond donors (Lipinski definition) is 0. The smallest absolute Gasteiger partial charge is 0.358 e. The second kappa shape index (κ2) is 5.48. The molecule has 2 aromatic rings. The molecule has 0 bridgehead atoms. The molecule has 0 spiro atoms. The summed E-state index contributed by atoms with van der Waals surface area (Å²) < 4.78 is 17.0. The number of esters is 1. The first-order valence-corrected chi connectivity index (χ1v) is 6.90. The zero-order valence-electron chi connectivity index (χ0n) is 11.7. The lowest BCUT2D eigenvalue weighted by Gasteiger charge is -2.36. The van der Waals surface area contributed by atoms with Crippen molar-refractivity contribution in [3.8, 4) is 11.5 Å². The monoisotopic (exact) mass is 284 g/mol. The van der Waals surface area contributed by atoms with Crippen LogP contribution in [-0.4, -0.2) is 19.2 Å². The zero-order chi connectivity index (χ0) is 14.7. The summed E-state index contributed by atoms with van der Waals surface area (Å²) in [5.74, 6) is 0.736. The molecule has 0 saturated heterocycles. The average Bonchev–Trinajstić information content (AvgIpc) is 2.55. The predicted molar refractivity (Wildman–Crippen MR) is 77.3 cm³/mol. The minimum atomic E-state index is -1.26. The van der Waals surface area contributed by atoms with Crippen LogP contribution in [0.25, 0.3) is 0 Å². The van der Waals surface area contributed by atoms with Crippen molar-refractivity contribution in [2.45, 2.75) is 12.5 Å². The third kappa shape index (κ3) is 2.33. The van der Waals surface area contributed by atoms with E-state index in [9.17, 15) is 4.79 Å². The molecule has 1 aliphatic heterocycles. The maximum atomic E-state index is 12.5. The van der Waals surface area contributed by atoms with E-state index in [-0.39, 0.29) is 6.61 Å². The van der Waals surface area contributed by atoms with Crippen molar-refractivity contribution in [2.75, 3.05) is 13.2 Å². The van der Waals surface area contributed by atoms with Gasteiger partial charge in [0.2, 0.25) is 0 Å². The summed E-state index contributed by atoms with van der Waals surface area (Å²) in [6, 6.07) is 16.6. The van der Waals surface area contributed by atoms with Crippen molar-refractivity contribution in [1.29, 1.82) is 0 Å². The van der Waals surface area contributed by atoms with Crippen LogP contribution in [0.15, 0.2) is 54.6 Å². The Labute approximate surface area is 123 Å². The maximum absolute atomic E-state index is 12.5. The third-order valence-corrected chi connectivity index (χ3v) is 3.41. The van der Waals surface area contributed by atoms with Gasteiger partial charge in [-0.05, 0) is 19.1 Å². The Kier molecular flexibility index (Phi) is 3.52. The highest BCUT2D eigenvalue weighted by atomic mass is 16.6. The van der Waals surface area contributed by atoms with E-state index in [1.165, 1.54) is 0 Å². The fourth-order valence-corrected chi connectivity index (χ4v) is 2.37. The van der Waals surface area contributed by atoms with Crippen molar-refractivity contribution in [3.05, 3.63) is 60.2 Å². The fourth-order valence-electron chi connectivity index (χ4n) is 2.37. The molecule has 3 rings (SSSR count). The Hall–Kier alpha value is -2.49. The van der Waals surface area contributed by atoms with Crippen LogP contribution in [-0.2, 0) is 15.1 Å². The Morgan fingerprint density at radius 2 is 1.76 bits per heavy atom. The quantitative estimate of drug-likeness (QED) is 0.813. The topological polar surface area (TPSA) is 44.8 Å². The van der Waals surface area contributed by atoms with Gasteiger partial charge in [-0.2, -0.15) is 0 Å². The lowest BCUT2D eigenvalue weighted by molar-refractivity contribution is -0.168. The molecule has 21 heavy (non-hydrogen) atoms. The Bertz CT molecular complexity index is 638. The minimum Gasteiger partial charge on any atom is -0.484 e. The van der Waals surface area contributed by atoms with Crippen molar-refractivity contribution in [3.63, 3.8) is 0 Å². The molecule has 108 valence electrons. The van der Waals surface area contributed by atoms with Gasteiger partial charge in [0.15, 0.2) is 11.5 Å². The molecule has 0 radical (unpaired) electrons. The molecule has 4 heteroatoms. The van der Waals surface area contributed by atoms with Gasteiger partial charge in [-0.25, -0.2) is 4.79 Å². The predicted octanol–water partition coefficient (Wildman–Crippen LogP) is 2.92. The first-order valence-electron chi connectivity index (χ1n) is 6.90. The summed E-state index contributed by atoms with van der Waals surface area (Å²) >= 11 is 0. The number of ether oxygens (including phenoxy) is 3. The molecule has 0 aromatic heterocycles. The van der Waals surface area contributed by atoms with Crippen LogP contribution < -0.4 is 9.47 Å². The molecular formula is C17H16O4. The summed E-state index contributed by atoms with van der Waals surface area (Å²) in [4.78, 5) is 12.5. The summed E-state index contributed by atoms with van der Waals surface area (Å²) in [7, 11) is 0. The number of hydrogen-bond acceptors (Lipinski definition) is 4. The van der Waals surface area contributed by atoms with Gasteiger partial charge in [0.25, 0.3) is 5.60 Å². The molecular weight excluding hydrogens is 268 g/mol. The zero-order valence-corrected chi connectivity index (χ0v) is 11.7. The van der Waals surface area contributed by atoms with E-state index in [1.807, 2.05) is 48.5 Å². The number of rotatable bonds is 3. The van der Waals surface area contributed by atoms with Crippen LogP contribution >= 0.6 is 0 Å². The molecule has 0 amide bonds. The van der Waals surface area contributed by atoms with Crippen LogP contribution in [0.5, 0.6) is 11.5 Å². The molecule has 1 aliphatic rings. The summed E-state index contributed by atoms with van der Waals surface area (Å²) in [5, 5.41) is 0. The molecule has 0 N–H and O–H groups in total. The third-order valence-electron chi connectivity index (χ3n) is 3.41. The van der Waals surface area contributed by atoms with E-state index >= 15 is 0 Å². The lowest BCUT2D eigenvalue weighted by atomic mass is 9.93. The fraction of sp³-hybridized carbons (Fsp3) is 0.235. The first-order chi connectivity index (χ1) is 10.3. The van der Waals surface area contributed by atoms with Crippen LogP contribution in [0, 0.1) is 0 Å². The molecule has 1 unspecified atom stereocenters. The first kappa shape index (κ1) is 13.5. The van der Waals surface area contributed by atoms with Crippen molar-refractivity contribution in [2.24, 2.45) is 0 Å². The molecule has 0 saturated carbocycles. The SMILES string of the molecule is CCOC(=O)C1(c2ccccc2)COc2ccccc2O1. The molecule has 1 atom stereocenters. The number of benzene rings is 2.